The third-order valence-corrected chi connectivity index (χ3v) is 14.2. The van der Waals surface area contributed by atoms with Gasteiger partial charge in [0, 0.05) is 80.4 Å². The van der Waals surface area contributed by atoms with E-state index in [1.54, 1.807) is 64.2 Å². The number of sulfonamides is 1. The minimum Gasteiger partial charge on any atom is -0.358 e. The molecule has 0 bridgehead atoms. The van der Waals surface area contributed by atoms with Gasteiger partial charge in [0.1, 0.15) is 0 Å². The van der Waals surface area contributed by atoms with Crippen LogP contribution in [0.5, 0.6) is 0 Å². The van der Waals surface area contributed by atoms with Gasteiger partial charge in [-0.3, -0.25) is 13.9 Å². The lowest BCUT2D eigenvalue weighted by Gasteiger charge is -2.32. The van der Waals surface area contributed by atoms with Crippen molar-refractivity contribution in [2.75, 3.05) is 70.0 Å². The Morgan fingerprint density at radius 1 is 1.04 bits per heavy atom. The normalized spacial score (nSPS) is 16.4. The zero-order valence-electron chi connectivity index (χ0n) is 30.7. The van der Waals surface area contributed by atoms with E-state index in [1.165, 1.54) is 19.2 Å². The number of hydrogen-bond donors (Lipinski definition) is 2. The van der Waals surface area contributed by atoms with E-state index in [0.29, 0.717) is 70.5 Å². The van der Waals surface area contributed by atoms with E-state index in [-0.39, 0.29) is 27.8 Å². The number of aromatic nitrogens is 1. The number of fused-ring (bicyclic) bond motifs is 1. The van der Waals surface area contributed by atoms with E-state index in [2.05, 4.69) is 21.8 Å². The van der Waals surface area contributed by atoms with E-state index in [4.69, 9.17) is 11.6 Å². The molecular weight excluding hydrogens is 724 g/mol. The lowest BCUT2D eigenvalue weighted by Crippen LogP contribution is -2.47. The maximum absolute atomic E-state index is 14.1. The number of carbonyl (C=O) groups is 2. The molecule has 15 heteroatoms. The predicted molar refractivity (Wildman–Crippen MR) is 208 cm³/mol. The number of H-pyrrole nitrogens is 1. The smallest absolute Gasteiger partial charge is 0.264 e. The Bertz CT molecular complexity index is 2160. The fourth-order valence-corrected chi connectivity index (χ4v) is 8.91. The molecule has 2 amide bonds. The number of likely N-dealkylation sites (N-methyl/N-ethyl adjacent to an activating group) is 2. The standard InChI is InChI=1S/C37H47ClN6O6S2/c1-24(51(47,48)37(3,4)5)23-42(7)15-14-32-34(36(46)44-18-16-41(6)17-19-44)25(2)33(39-32)22-30-29-21-28(12-13-31(29)40-35(30)45)52(49,50)43(8)27-11-9-10-26(38)20-27/h9-13,20-22,39H,1,14-19,23H2,2-8H3,(H,40,45)/b30-22-. The summed E-state index contributed by atoms with van der Waals surface area (Å²) in [6.07, 6.45) is 2.04. The monoisotopic (exact) mass is 770 g/mol. The SMILES string of the molecule is C=C(CN(C)CCc1[nH]c(/C=C2\C(=O)Nc3ccc(S(=O)(=O)N(C)c4cccc(Cl)c4)cc32)c(C)c1C(=O)N1CCN(C)CC1)S(=O)(=O)C(C)(C)C. The summed E-state index contributed by atoms with van der Waals surface area (Å²) < 4.78 is 53.5. The van der Waals surface area contributed by atoms with Gasteiger partial charge in [-0.15, -0.1) is 0 Å². The minimum atomic E-state index is -4.03. The fraction of sp³-hybridized carbons (Fsp3) is 0.405. The molecule has 0 spiro atoms. The van der Waals surface area contributed by atoms with Crippen molar-refractivity contribution >= 4 is 66.3 Å². The van der Waals surface area contributed by atoms with Crippen LogP contribution in [0.25, 0.3) is 11.6 Å². The molecule has 5 rings (SSSR count). The van der Waals surface area contributed by atoms with E-state index in [1.807, 2.05) is 23.8 Å². The molecule has 3 aromatic rings. The largest absolute Gasteiger partial charge is 0.358 e. The van der Waals surface area contributed by atoms with Crippen LogP contribution in [0.3, 0.4) is 0 Å². The summed E-state index contributed by atoms with van der Waals surface area (Å²) in [5, 5.41) is 3.22. The fourth-order valence-electron chi connectivity index (χ4n) is 6.25. The number of anilines is 2. The molecule has 1 saturated heterocycles. The third-order valence-electron chi connectivity index (χ3n) is 9.64. The number of aromatic amines is 1. The van der Waals surface area contributed by atoms with Gasteiger partial charge in [0.05, 0.1) is 31.4 Å². The van der Waals surface area contributed by atoms with Crippen LogP contribution in [0.4, 0.5) is 11.4 Å². The number of rotatable bonds is 11. The van der Waals surface area contributed by atoms with Gasteiger partial charge in [0.15, 0.2) is 9.84 Å². The zero-order chi connectivity index (χ0) is 38.3. The van der Waals surface area contributed by atoms with Crippen molar-refractivity contribution in [2.45, 2.75) is 43.8 Å². The molecule has 1 fully saturated rings. The molecule has 2 aromatic carbocycles. The molecule has 2 aliphatic heterocycles. The molecule has 52 heavy (non-hydrogen) atoms. The van der Waals surface area contributed by atoms with Gasteiger partial charge in [-0.1, -0.05) is 24.2 Å². The highest BCUT2D eigenvalue weighted by Crippen LogP contribution is 2.37. The van der Waals surface area contributed by atoms with Gasteiger partial charge in [0.2, 0.25) is 0 Å². The van der Waals surface area contributed by atoms with Gasteiger partial charge < -0.3 is 25.0 Å². The molecule has 12 nitrogen and oxygen atoms in total. The van der Waals surface area contributed by atoms with E-state index in [0.717, 1.165) is 17.4 Å². The highest BCUT2D eigenvalue weighted by molar-refractivity contribution is 7.96. The van der Waals surface area contributed by atoms with Crippen LogP contribution in [0.1, 0.15) is 53.6 Å². The van der Waals surface area contributed by atoms with Crippen molar-refractivity contribution in [2.24, 2.45) is 0 Å². The molecule has 2 aliphatic rings. The Morgan fingerprint density at radius 3 is 2.35 bits per heavy atom. The van der Waals surface area contributed by atoms with Crippen LogP contribution >= 0.6 is 11.6 Å². The topological polar surface area (TPSA) is 143 Å². The van der Waals surface area contributed by atoms with Crippen molar-refractivity contribution < 1.29 is 26.4 Å². The van der Waals surface area contributed by atoms with Gasteiger partial charge >= 0.3 is 0 Å². The number of amides is 2. The summed E-state index contributed by atoms with van der Waals surface area (Å²) in [6, 6.07) is 11.0. The van der Waals surface area contributed by atoms with Crippen LogP contribution in [-0.4, -0.2) is 113 Å². The third kappa shape index (κ3) is 7.86. The average Bonchev–Trinajstić information content (AvgIpc) is 3.56. The summed E-state index contributed by atoms with van der Waals surface area (Å²) in [6.45, 7) is 13.8. The first-order chi connectivity index (χ1) is 24.2. The molecule has 0 unspecified atom stereocenters. The van der Waals surface area contributed by atoms with Gasteiger partial charge in [-0.2, -0.15) is 0 Å². The Kier molecular flexibility index (Phi) is 11.2. The number of piperazine rings is 1. The van der Waals surface area contributed by atoms with E-state index >= 15 is 0 Å². The van der Waals surface area contributed by atoms with Crippen molar-refractivity contribution in [3.63, 3.8) is 0 Å². The lowest BCUT2D eigenvalue weighted by molar-refractivity contribution is -0.110. The zero-order valence-corrected chi connectivity index (χ0v) is 33.1. The number of nitrogens with zero attached hydrogens (tertiary/aromatic N) is 4. The van der Waals surface area contributed by atoms with Crippen LogP contribution in [0.2, 0.25) is 5.02 Å². The number of carbonyl (C=O) groups excluding carboxylic acids is 2. The second-order valence-electron chi connectivity index (χ2n) is 14.4. The lowest BCUT2D eigenvalue weighted by atomic mass is 10.0. The maximum Gasteiger partial charge on any atom is 0.264 e. The first kappa shape index (κ1) is 39.3. The Morgan fingerprint density at radius 2 is 1.71 bits per heavy atom. The molecule has 0 radical (unpaired) electrons. The van der Waals surface area contributed by atoms with Crippen LogP contribution in [0, 0.1) is 6.92 Å². The molecule has 2 N–H and O–H groups in total. The number of hydrogen-bond acceptors (Lipinski definition) is 8. The minimum absolute atomic E-state index is 0.0101. The first-order valence-electron chi connectivity index (χ1n) is 16.9. The van der Waals surface area contributed by atoms with Crippen molar-refractivity contribution in [3.05, 3.63) is 87.0 Å². The van der Waals surface area contributed by atoms with E-state index < -0.39 is 30.5 Å². The highest BCUT2D eigenvalue weighted by Gasteiger charge is 2.33. The molecular formula is C37H47ClN6O6S2. The number of benzene rings is 2. The van der Waals surface area contributed by atoms with Crippen molar-refractivity contribution in [1.29, 1.82) is 0 Å². The molecule has 0 saturated carbocycles. The quantitative estimate of drug-likeness (QED) is 0.263. The van der Waals surface area contributed by atoms with Gasteiger partial charge in [-0.25, -0.2) is 16.8 Å². The molecule has 1 aromatic heterocycles. The summed E-state index contributed by atoms with van der Waals surface area (Å²) in [7, 11) is -2.34. The van der Waals surface area contributed by atoms with Crippen molar-refractivity contribution in [3.8, 4) is 0 Å². The number of halogens is 1. The first-order valence-corrected chi connectivity index (χ1v) is 20.2. The van der Waals surface area contributed by atoms with Gasteiger partial charge in [-0.05, 0) is 89.8 Å². The van der Waals surface area contributed by atoms with Crippen LogP contribution in [-0.2, 0) is 31.1 Å². The molecule has 3 heterocycles. The van der Waals surface area contributed by atoms with Crippen molar-refractivity contribution in [1.82, 2.24) is 19.7 Å². The number of nitrogens with one attached hydrogen (secondary N) is 2. The average molecular weight is 771 g/mol. The summed E-state index contributed by atoms with van der Waals surface area (Å²) in [5.74, 6) is -0.536. The van der Waals surface area contributed by atoms with Crippen LogP contribution < -0.4 is 9.62 Å². The summed E-state index contributed by atoms with van der Waals surface area (Å²) in [4.78, 5) is 36.8. The Balaban J connectivity index is 1.49. The Hall–Kier alpha value is -3.95. The second-order valence-corrected chi connectivity index (χ2v) is 19.6. The molecule has 0 aliphatic carbocycles. The second kappa shape index (κ2) is 14.8. The maximum atomic E-state index is 14.1. The van der Waals surface area contributed by atoms with Gasteiger partial charge in [0.25, 0.3) is 21.8 Å². The van der Waals surface area contributed by atoms with Crippen LogP contribution in [0.15, 0.2) is 58.8 Å². The summed E-state index contributed by atoms with van der Waals surface area (Å²) >= 11 is 6.12. The Labute approximate surface area is 312 Å². The highest BCUT2D eigenvalue weighted by atomic mass is 35.5. The molecule has 280 valence electrons. The predicted octanol–water partition coefficient (Wildman–Crippen LogP) is 4.88. The summed E-state index contributed by atoms with van der Waals surface area (Å²) in [5.41, 5.74) is 3.85. The molecule has 0 atom stereocenters. The van der Waals surface area contributed by atoms with E-state index in [9.17, 15) is 26.4 Å². The number of sulfone groups is 1.